The third-order valence-corrected chi connectivity index (χ3v) is 2.07. The van der Waals surface area contributed by atoms with Crippen LogP contribution < -0.4 is 5.32 Å². The Balaban J connectivity index is 2.83. The molecule has 0 bridgehead atoms. The molecule has 4 nitrogen and oxygen atoms in total. The van der Waals surface area contributed by atoms with Gasteiger partial charge >= 0.3 is 0 Å². The lowest BCUT2D eigenvalue weighted by Crippen LogP contribution is -2.37. The number of nitrogens with zero attached hydrogens (tertiary/aromatic N) is 2. The van der Waals surface area contributed by atoms with Crippen molar-refractivity contribution in [2.45, 2.75) is 46.7 Å². The van der Waals surface area contributed by atoms with Gasteiger partial charge in [0.15, 0.2) is 0 Å². The Morgan fingerprint density at radius 2 is 2.00 bits per heavy atom. The maximum absolute atomic E-state index is 4.21. The van der Waals surface area contributed by atoms with E-state index < -0.39 is 0 Å². The van der Waals surface area contributed by atoms with E-state index in [0.29, 0.717) is 6.04 Å². The molecular formula is C10H20N4. The highest BCUT2D eigenvalue weighted by molar-refractivity contribution is 4.98. The number of rotatable bonds is 3. The Kier molecular flexibility index (Phi) is 3.26. The Labute approximate surface area is 85.5 Å². The van der Waals surface area contributed by atoms with Crippen LogP contribution in [-0.4, -0.2) is 21.2 Å². The summed E-state index contributed by atoms with van der Waals surface area (Å²) in [6, 6.07) is 0.648. The van der Waals surface area contributed by atoms with Crippen LogP contribution in [0.4, 0.5) is 0 Å². The van der Waals surface area contributed by atoms with Crippen molar-refractivity contribution in [1.29, 1.82) is 0 Å². The van der Waals surface area contributed by atoms with Gasteiger partial charge in [0.05, 0.1) is 6.04 Å². The molecule has 0 fully saturated rings. The molecule has 1 aromatic rings. The predicted molar refractivity (Wildman–Crippen MR) is 56.9 cm³/mol. The highest BCUT2D eigenvalue weighted by Crippen LogP contribution is 2.30. The minimum atomic E-state index is 0.129. The van der Waals surface area contributed by atoms with E-state index in [9.17, 15) is 0 Å². The Hall–Kier alpha value is -0.900. The van der Waals surface area contributed by atoms with E-state index in [4.69, 9.17) is 0 Å². The molecule has 4 heteroatoms. The number of aromatic nitrogens is 3. The van der Waals surface area contributed by atoms with Gasteiger partial charge in [0.25, 0.3) is 0 Å². The summed E-state index contributed by atoms with van der Waals surface area (Å²) in [6.07, 6.45) is 1.55. The highest BCUT2D eigenvalue weighted by atomic mass is 15.2. The summed E-state index contributed by atoms with van der Waals surface area (Å²) in [5.74, 6) is 0.909. The van der Waals surface area contributed by atoms with Crippen molar-refractivity contribution in [2.24, 2.45) is 5.41 Å². The molecule has 0 radical (unpaired) electrons. The molecule has 1 atom stereocenters. The fourth-order valence-corrected chi connectivity index (χ4v) is 1.43. The van der Waals surface area contributed by atoms with Crippen molar-refractivity contribution in [3.8, 4) is 0 Å². The number of hydrogen-bond donors (Lipinski definition) is 2. The smallest absolute Gasteiger partial charge is 0.141 e. The quantitative estimate of drug-likeness (QED) is 0.776. The number of hydrogen-bond acceptors (Lipinski definition) is 3. The van der Waals surface area contributed by atoms with Crippen LogP contribution in [0.25, 0.3) is 0 Å². The van der Waals surface area contributed by atoms with Crippen LogP contribution >= 0.6 is 0 Å². The average Bonchev–Trinajstić information content (AvgIpc) is 2.49. The molecule has 2 N–H and O–H groups in total. The van der Waals surface area contributed by atoms with Crippen LogP contribution in [0, 0.1) is 5.41 Å². The zero-order chi connectivity index (χ0) is 10.8. The van der Waals surface area contributed by atoms with E-state index >= 15 is 0 Å². The number of nitrogens with one attached hydrogen (secondary N) is 2. The van der Waals surface area contributed by atoms with E-state index in [1.165, 1.54) is 0 Å². The first-order valence-electron chi connectivity index (χ1n) is 5.02. The van der Waals surface area contributed by atoms with Crippen LogP contribution in [0.1, 0.15) is 46.5 Å². The van der Waals surface area contributed by atoms with Gasteiger partial charge in [0, 0.05) is 6.04 Å². The van der Waals surface area contributed by atoms with Gasteiger partial charge in [-0.1, -0.05) is 34.6 Å². The molecule has 0 aliphatic heterocycles. The minimum absolute atomic E-state index is 0.129. The second kappa shape index (κ2) is 4.09. The summed E-state index contributed by atoms with van der Waals surface area (Å²) in [6.45, 7) is 10.8. The standard InChI is InChI=1S/C10H20N4/c1-7(2)13-8(10(3,4)5)9-11-6-12-14-9/h6-8,13H,1-5H3,(H,11,12,14)/t8-/m0/s1. The number of H-pyrrole nitrogens is 1. The lowest BCUT2D eigenvalue weighted by molar-refractivity contribution is 0.248. The van der Waals surface area contributed by atoms with Crippen LogP contribution in [0.5, 0.6) is 0 Å². The Bertz CT molecular complexity index is 258. The summed E-state index contributed by atoms with van der Waals surface area (Å²) in [7, 11) is 0. The molecule has 1 rings (SSSR count). The Morgan fingerprint density at radius 1 is 1.36 bits per heavy atom. The van der Waals surface area contributed by atoms with Gasteiger partial charge in [-0.3, -0.25) is 5.10 Å². The van der Waals surface area contributed by atoms with Crippen LogP contribution in [0.2, 0.25) is 0 Å². The molecule has 0 amide bonds. The molecule has 0 aromatic carbocycles. The van der Waals surface area contributed by atoms with E-state index in [1.54, 1.807) is 6.33 Å². The maximum Gasteiger partial charge on any atom is 0.141 e. The first-order valence-corrected chi connectivity index (χ1v) is 5.02. The van der Waals surface area contributed by atoms with Crippen molar-refractivity contribution in [2.75, 3.05) is 0 Å². The molecule has 1 heterocycles. The van der Waals surface area contributed by atoms with E-state index in [1.807, 2.05) is 0 Å². The fraction of sp³-hybridized carbons (Fsp3) is 0.800. The van der Waals surface area contributed by atoms with Gasteiger partial charge < -0.3 is 5.32 Å². The van der Waals surface area contributed by atoms with E-state index in [2.05, 4.69) is 55.1 Å². The monoisotopic (exact) mass is 196 g/mol. The van der Waals surface area contributed by atoms with Crippen LogP contribution in [0.3, 0.4) is 0 Å². The van der Waals surface area contributed by atoms with Crippen molar-refractivity contribution in [3.63, 3.8) is 0 Å². The van der Waals surface area contributed by atoms with Gasteiger partial charge in [-0.15, -0.1) is 0 Å². The van der Waals surface area contributed by atoms with Crippen molar-refractivity contribution in [3.05, 3.63) is 12.2 Å². The molecule has 0 spiro atoms. The van der Waals surface area contributed by atoms with E-state index in [-0.39, 0.29) is 11.5 Å². The molecule has 80 valence electrons. The first-order chi connectivity index (χ1) is 6.41. The normalized spacial score (nSPS) is 14.7. The predicted octanol–water partition coefficient (Wildman–Crippen LogP) is 1.89. The third kappa shape index (κ3) is 2.80. The summed E-state index contributed by atoms with van der Waals surface area (Å²) in [4.78, 5) is 4.21. The fourth-order valence-electron chi connectivity index (χ4n) is 1.43. The second-order valence-electron chi connectivity index (χ2n) is 4.99. The molecule has 0 saturated carbocycles. The van der Waals surface area contributed by atoms with Gasteiger partial charge in [-0.25, -0.2) is 4.98 Å². The third-order valence-electron chi connectivity index (χ3n) is 2.07. The SMILES string of the molecule is CC(C)N[C@@H](c1ncn[nH]1)C(C)(C)C. The molecule has 0 unspecified atom stereocenters. The zero-order valence-electron chi connectivity index (χ0n) is 9.63. The topological polar surface area (TPSA) is 53.6 Å². The van der Waals surface area contributed by atoms with Gasteiger partial charge in [0.1, 0.15) is 12.2 Å². The summed E-state index contributed by atoms with van der Waals surface area (Å²) in [5.41, 5.74) is 0.129. The lowest BCUT2D eigenvalue weighted by atomic mass is 9.86. The summed E-state index contributed by atoms with van der Waals surface area (Å²) >= 11 is 0. The van der Waals surface area contributed by atoms with Crippen LogP contribution in [-0.2, 0) is 0 Å². The molecule has 1 aromatic heterocycles. The van der Waals surface area contributed by atoms with Gasteiger partial charge in [0.2, 0.25) is 0 Å². The molecule has 14 heavy (non-hydrogen) atoms. The first kappa shape index (κ1) is 11.2. The molecular weight excluding hydrogens is 176 g/mol. The molecule has 0 saturated heterocycles. The summed E-state index contributed by atoms with van der Waals surface area (Å²) < 4.78 is 0. The highest BCUT2D eigenvalue weighted by Gasteiger charge is 2.28. The van der Waals surface area contributed by atoms with Crippen LogP contribution in [0.15, 0.2) is 6.33 Å². The largest absolute Gasteiger partial charge is 0.305 e. The van der Waals surface area contributed by atoms with Crippen molar-refractivity contribution in [1.82, 2.24) is 20.5 Å². The lowest BCUT2D eigenvalue weighted by Gasteiger charge is -2.31. The van der Waals surface area contributed by atoms with Crippen molar-refractivity contribution < 1.29 is 0 Å². The zero-order valence-corrected chi connectivity index (χ0v) is 9.63. The maximum atomic E-state index is 4.21. The number of aromatic amines is 1. The Morgan fingerprint density at radius 3 is 2.36 bits per heavy atom. The average molecular weight is 196 g/mol. The van der Waals surface area contributed by atoms with Gasteiger partial charge in [-0.2, -0.15) is 5.10 Å². The van der Waals surface area contributed by atoms with Crippen molar-refractivity contribution >= 4 is 0 Å². The summed E-state index contributed by atoms with van der Waals surface area (Å²) in [5, 5.41) is 10.3. The second-order valence-corrected chi connectivity index (χ2v) is 4.99. The molecule has 0 aliphatic carbocycles. The van der Waals surface area contributed by atoms with Gasteiger partial charge in [-0.05, 0) is 5.41 Å². The molecule has 0 aliphatic rings. The van der Waals surface area contributed by atoms with E-state index in [0.717, 1.165) is 5.82 Å². The minimum Gasteiger partial charge on any atom is -0.305 e.